The Morgan fingerprint density at radius 3 is 3.10 bits per heavy atom. The van der Waals surface area contributed by atoms with E-state index in [0.717, 1.165) is 18.8 Å². The van der Waals surface area contributed by atoms with Crippen molar-refractivity contribution in [3.63, 3.8) is 0 Å². The van der Waals surface area contributed by atoms with Gasteiger partial charge in [0.2, 0.25) is 5.91 Å². The second-order valence-electron chi connectivity index (χ2n) is 2.29. The minimum atomic E-state index is -0.213. The van der Waals surface area contributed by atoms with E-state index < -0.39 is 0 Å². The second kappa shape index (κ2) is 3.83. The van der Waals surface area contributed by atoms with Crippen molar-refractivity contribution >= 4 is 17.7 Å². The standard InChI is InChI=1S/C6H11N2OS/c7-6(9)3-5-4-8-1-2-10-5/h5H,1-4H2,(H2,7,9). The summed E-state index contributed by atoms with van der Waals surface area (Å²) in [6.07, 6.45) is 0.480. The fourth-order valence-corrected chi connectivity index (χ4v) is 1.98. The van der Waals surface area contributed by atoms with Crippen molar-refractivity contribution in [3.05, 3.63) is 0 Å². The molecule has 1 amide bonds. The molecule has 1 radical (unpaired) electrons. The quantitative estimate of drug-likeness (QED) is 0.595. The minimum absolute atomic E-state index is 0.213. The van der Waals surface area contributed by atoms with E-state index in [1.54, 1.807) is 11.8 Å². The van der Waals surface area contributed by atoms with E-state index >= 15 is 0 Å². The van der Waals surface area contributed by atoms with Crippen LogP contribution in [-0.4, -0.2) is 30.0 Å². The number of carbonyl (C=O) groups excluding carboxylic acids is 1. The molecular weight excluding hydrogens is 148 g/mol. The summed E-state index contributed by atoms with van der Waals surface area (Å²) in [5.41, 5.74) is 5.03. The number of thioether (sulfide) groups is 1. The van der Waals surface area contributed by atoms with E-state index in [1.165, 1.54) is 0 Å². The molecule has 1 unspecified atom stereocenters. The van der Waals surface area contributed by atoms with Gasteiger partial charge in [-0.25, -0.2) is 5.32 Å². The van der Waals surface area contributed by atoms with Crippen molar-refractivity contribution in [2.24, 2.45) is 5.73 Å². The first kappa shape index (κ1) is 7.88. The van der Waals surface area contributed by atoms with Crippen LogP contribution in [-0.2, 0) is 4.79 Å². The number of nitrogens with zero attached hydrogens (tertiary/aromatic N) is 1. The Labute approximate surface area is 64.7 Å². The molecule has 57 valence electrons. The van der Waals surface area contributed by atoms with Gasteiger partial charge < -0.3 is 5.73 Å². The van der Waals surface area contributed by atoms with Crippen molar-refractivity contribution in [2.45, 2.75) is 11.7 Å². The molecule has 1 fully saturated rings. The number of nitrogens with two attached hydrogens (primary N) is 1. The molecule has 1 saturated heterocycles. The van der Waals surface area contributed by atoms with Gasteiger partial charge in [0.15, 0.2) is 0 Å². The molecule has 1 aliphatic rings. The highest BCUT2D eigenvalue weighted by atomic mass is 32.2. The molecule has 10 heavy (non-hydrogen) atoms. The summed E-state index contributed by atoms with van der Waals surface area (Å²) >= 11 is 1.80. The van der Waals surface area contributed by atoms with Crippen molar-refractivity contribution in [1.82, 2.24) is 5.32 Å². The first-order chi connectivity index (χ1) is 4.79. The van der Waals surface area contributed by atoms with Gasteiger partial charge in [-0.1, -0.05) is 0 Å². The molecule has 1 heterocycles. The molecular formula is C6H11N2OS. The van der Waals surface area contributed by atoms with Crippen LogP contribution in [0.3, 0.4) is 0 Å². The van der Waals surface area contributed by atoms with Crippen molar-refractivity contribution in [1.29, 1.82) is 0 Å². The predicted octanol–water partition coefficient (Wildman–Crippen LogP) is -0.418. The Kier molecular flexibility index (Phi) is 3.02. The molecule has 0 aromatic heterocycles. The van der Waals surface area contributed by atoms with Gasteiger partial charge in [0.25, 0.3) is 0 Å². The van der Waals surface area contributed by atoms with Gasteiger partial charge >= 0.3 is 0 Å². The molecule has 0 aromatic rings. The summed E-state index contributed by atoms with van der Waals surface area (Å²) < 4.78 is 0. The van der Waals surface area contributed by atoms with Crippen LogP contribution in [0.1, 0.15) is 6.42 Å². The lowest BCUT2D eigenvalue weighted by molar-refractivity contribution is -0.118. The van der Waals surface area contributed by atoms with Crippen LogP contribution in [0.5, 0.6) is 0 Å². The zero-order valence-corrected chi connectivity index (χ0v) is 6.56. The predicted molar refractivity (Wildman–Crippen MR) is 41.9 cm³/mol. The summed E-state index contributed by atoms with van der Waals surface area (Å²) in [6, 6.07) is 0. The van der Waals surface area contributed by atoms with E-state index in [2.05, 4.69) is 5.32 Å². The fraction of sp³-hybridized carbons (Fsp3) is 0.833. The first-order valence-electron chi connectivity index (χ1n) is 3.32. The zero-order chi connectivity index (χ0) is 7.40. The van der Waals surface area contributed by atoms with Gasteiger partial charge in [-0.3, -0.25) is 4.79 Å². The Morgan fingerprint density at radius 1 is 1.80 bits per heavy atom. The number of primary amides is 1. The molecule has 0 spiro atoms. The van der Waals surface area contributed by atoms with E-state index in [-0.39, 0.29) is 5.91 Å². The summed E-state index contributed by atoms with van der Waals surface area (Å²) in [6.45, 7) is 1.73. The van der Waals surface area contributed by atoms with Gasteiger partial charge in [0.1, 0.15) is 0 Å². The SMILES string of the molecule is NC(=O)CC1C[N]CCS1. The van der Waals surface area contributed by atoms with Gasteiger partial charge in [-0.2, -0.15) is 11.8 Å². The average molecular weight is 159 g/mol. The number of amides is 1. The van der Waals surface area contributed by atoms with E-state index in [4.69, 9.17) is 5.73 Å². The highest BCUT2D eigenvalue weighted by Crippen LogP contribution is 2.16. The Bertz CT molecular complexity index is 123. The van der Waals surface area contributed by atoms with Crippen LogP contribution >= 0.6 is 11.8 Å². The lowest BCUT2D eigenvalue weighted by atomic mass is 10.3. The molecule has 0 saturated carbocycles. The second-order valence-corrected chi connectivity index (χ2v) is 3.70. The molecule has 0 aromatic carbocycles. The van der Waals surface area contributed by atoms with Gasteiger partial charge in [0.05, 0.1) is 0 Å². The van der Waals surface area contributed by atoms with Crippen LogP contribution in [0.15, 0.2) is 0 Å². The minimum Gasteiger partial charge on any atom is -0.370 e. The third-order valence-electron chi connectivity index (χ3n) is 1.36. The summed E-state index contributed by atoms with van der Waals surface area (Å²) in [5, 5.41) is 4.54. The van der Waals surface area contributed by atoms with E-state index in [0.29, 0.717) is 11.7 Å². The summed E-state index contributed by atoms with van der Waals surface area (Å²) in [5.74, 6) is 0.826. The van der Waals surface area contributed by atoms with E-state index in [1.807, 2.05) is 0 Å². The van der Waals surface area contributed by atoms with E-state index in [9.17, 15) is 4.79 Å². The molecule has 1 atom stereocenters. The fourth-order valence-electron chi connectivity index (χ4n) is 0.920. The molecule has 3 nitrogen and oxygen atoms in total. The average Bonchev–Trinajstić information content (AvgIpc) is 1.88. The van der Waals surface area contributed by atoms with Crippen LogP contribution in [0, 0.1) is 0 Å². The third kappa shape index (κ3) is 2.58. The van der Waals surface area contributed by atoms with Crippen LogP contribution in [0.25, 0.3) is 0 Å². The van der Waals surface area contributed by atoms with Crippen LogP contribution < -0.4 is 11.1 Å². The van der Waals surface area contributed by atoms with Crippen molar-refractivity contribution in [2.75, 3.05) is 18.8 Å². The smallest absolute Gasteiger partial charge is 0.218 e. The van der Waals surface area contributed by atoms with Crippen LogP contribution in [0.2, 0.25) is 0 Å². The largest absolute Gasteiger partial charge is 0.370 e. The first-order valence-corrected chi connectivity index (χ1v) is 4.37. The Balaban J connectivity index is 2.19. The summed E-state index contributed by atoms with van der Waals surface area (Å²) in [4.78, 5) is 10.4. The number of hydrogen-bond donors (Lipinski definition) is 1. The maximum atomic E-state index is 10.4. The summed E-state index contributed by atoms with van der Waals surface area (Å²) in [7, 11) is 0. The highest BCUT2D eigenvalue weighted by Gasteiger charge is 2.15. The number of carbonyl (C=O) groups is 1. The number of hydrogen-bond acceptors (Lipinski definition) is 2. The topological polar surface area (TPSA) is 57.2 Å². The highest BCUT2D eigenvalue weighted by molar-refractivity contribution is 8.00. The maximum Gasteiger partial charge on any atom is 0.218 e. The van der Waals surface area contributed by atoms with Crippen molar-refractivity contribution < 1.29 is 4.79 Å². The van der Waals surface area contributed by atoms with Gasteiger partial charge in [-0.15, -0.1) is 0 Å². The molecule has 0 aliphatic carbocycles. The van der Waals surface area contributed by atoms with Gasteiger partial charge in [-0.05, 0) is 0 Å². The van der Waals surface area contributed by atoms with Crippen molar-refractivity contribution in [3.8, 4) is 0 Å². The lowest BCUT2D eigenvalue weighted by Gasteiger charge is -2.19. The molecule has 1 aliphatic heterocycles. The lowest BCUT2D eigenvalue weighted by Crippen LogP contribution is -2.30. The number of rotatable bonds is 2. The molecule has 4 heteroatoms. The Hall–Kier alpha value is -0.220. The third-order valence-corrected chi connectivity index (χ3v) is 2.57. The molecule has 0 bridgehead atoms. The Morgan fingerprint density at radius 2 is 2.60 bits per heavy atom. The monoisotopic (exact) mass is 159 g/mol. The van der Waals surface area contributed by atoms with Crippen LogP contribution in [0.4, 0.5) is 0 Å². The normalized spacial score (nSPS) is 26.2. The maximum absolute atomic E-state index is 10.4. The zero-order valence-electron chi connectivity index (χ0n) is 5.75. The molecule has 1 rings (SSSR count). The van der Waals surface area contributed by atoms with Gasteiger partial charge in [0, 0.05) is 30.5 Å². The molecule has 2 N–H and O–H groups in total.